The molecule has 0 bridgehead atoms. The molecule has 1 heterocycles. The Bertz CT molecular complexity index is 421. The van der Waals surface area contributed by atoms with Gasteiger partial charge in [0.25, 0.3) is 0 Å². The normalized spacial score (nSPS) is 23.9. The van der Waals surface area contributed by atoms with Crippen LogP contribution in [0.15, 0.2) is 41.9 Å². The number of benzene rings is 1. The van der Waals surface area contributed by atoms with Gasteiger partial charge in [0.05, 0.1) is 12.0 Å². The standard InChI is InChI=1S/C15H18O2.Li/c16-15-13(11-7-3-1-4-8-11)14(17-15)12-9-5-2-6-10-12;/h2,5-6,9-11,14,16H,1,3-4,7-8H2;/q;+1/p-1. The van der Waals surface area contributed by atoms with Gasteiger partial charge < -0.3 is 9.84 Å². The van der Waals surface area contributed by atoms with Gasteiger partial charge in [-0.2, -0.15) is 0 Å². The Kier molecular flexibility index (Phi) is 4.43. The molecule has 1 aliphatic carbocycles. The summed E-state index contributed by atoms with van der Waals surface area (Å²) in [6.45, 7) is 0. The zero-order valence-electron chi connectivity index (χ0n) is 10.9. The number of rotatable bonds is 2. The summed E-state index contributed by atoms with van der Waals surface area (Å²) in [6.07, 6.45) is 6.08. The summed E-state index contributed by atoms with van der Waals surface area (Å²) in [5.74, 6) is 0.404. The number of hydrogen-bond donors (Lipinski definition) is 0. The van der Waals surface area contributed by atoms with E-state index < -0.39 is 0 Å². The quantitative estimate of drug-likeness (QED) is 0.672. The van der Waals surface area contributed by atoms with E-state index >= 15 is 0 Å². The molecule has 1 atom stereocenters. The van der Waals surface area contributed by atoms with Crippen LogP contribution in [0.4, 0.5) is 0 Å². The van der Waals surface area contributed by atoms with E-state index in [1.54, 1.807) is 0 Å². The minimum Gasteiger partial charge on any atom is -0.601 e. The molecule has 1 unspecified atom stereocenters. The predicted molar refractivity (Wildman–Crippen MR) is 63.9 cm³/mol. The van der Waals surface area contributed by atoms with E-state index in [9.17, 15) is 5.11 Å². The molecule has 0 saturated heterocycles. The van der Waals surface area contributed by atoms with Gasteiger partial charge >= 0.3 is 18.9 Å². The summed E-state index contributed by atoms with van der Waals surface area (Å²) >= 11 is 0. The van der Waals surface area contributed by atoms with Crippen molar-refractivity contribution in [1.29, 1.82) is 0 Å². The summed E-state index contributed by atoms with van der Waals surface area (Å²) in [6, 6.07) is 10.1. The monoisotopic (exact) mass is 236 g/mol. The summed E-state index contributed by atoms with van der Waals surface area (Å²) in [5.41, 5.74) is 2.14. The summed E-state index contributed by atoms with van der Waals surface area (Å²) in [4.78, 5) is 0. The maximum absolute atomic E-state index is 11.7. The van der Waals surface area contributed by atoms with Gasteiger partial charge in [0.15, 0.2) is 0 Å². The Hall–Kier alpha value is -0.843. The molecule has 0 spiro atoms. The fourth-order valence-electron chi connectivity index (χ4n) is 2.96. The van der Waals surface area contributed by atoms with Crippen molar-refractivity contribution in [2.75, 3.05) is 0 Å². The number of ether oxygens (including phenoxy) is 1. The third-order valence-electron chi connectivity index (χ3n) is 3.89. The van der Waals surface area contributed by atoms with Gasteiger partial charge in [-0.25, -0.2) is 0 Å². The smallest absolute Gasteiger partial charge is 0.601 e. The maximum atomic E-state index is 11.7. The van der Waals surface area contributed by atoms with Crippen LogP contribution in [0.5, 0.6) is 0 Å². The van der Waals surface area contributed by atoms with E-state index in [-0.39, 0.29) is 30.9 Å². The van der Waals surface area contributed by atoms with Crippen LogP contribution in [0.3, 0.4) is 0 Å². The van der Waals surface area contributed by atoms with Crippen LogP contribution < -0.4 is 24.0 Å². The first-order chi connectivity index (χ1) is 8.36. The third kappa shape index (κ3) is 2.46. The molecule has 0 aromatic heterocycles. The van der Waals surface area contributed by atoms with Crippen molar-refractivity contribution in [3.05, 3.63) is 47.4 Å². The van der Waals surface area contributed by atoms with Crippen LogP contribution >= 0.6 is 0 Å². The molecule has 2 aliphatic rings. The molecule has 90 valence electrons. The van der Waals surface area contributed by atoms with Crippen molar-refractivity contribution < 1.29 is 28.7 Å². The molecular formula is C15H17LiO2. The van der Waals surface area contributed by atoms with Crippen molar-refractivity contribution in [3.8, 4) is 0 Å². The first-order valence-corrected chi connectivity index (χ1v) is 6.49. The second kappa shape index (κ2) is 5.87. The second-order valence-corrected chi connectivity index (χ2v) is 4.99. The Balaban J connectivity index is 0.00000120. The number of hydrogen-bond acceptors (Lipinski definition) is 2. The minimum absolute atomic E-state index is 0. The van der Waals surface area contributed by atoms with Crippen molar-refractivity contribution in [2.45, 2.75) is 38.2 Å². The minimum atomic E-state index is -0.0641. The molecule has 3 rings (SSSR count). The molecule has 0 radical (unpaired) electrons. The zero-order chi connectivity index (χ0) is 11.7. The van der Waals surface area contributed by atoms with Crippen LogP contribution in [0, 0.1) is 5.92 Å². The molecule has 1 aromatic carbocycles. The Labute approximate surface area is 120 Å². The molecule has 1 aromatic rings. The van der Waals surface area contributed by atoms with Gasteiger partial charge in [-0.1, -0.05) is 49.6 Å². The SMILES string of the molecule is [Li+].[O-]C1=C(C2CCCCC2)C(c2ccccc2)O1. The molecule has 1 saturated carbocycles. The fraction of sp³-hybridized carbons (Fsp3) is 0.467. The molecular weight excluding hydrogens is 219 g/mol. The van der Waals surface area contributed by atoms with E-state index in [0.717, 1.165) is 24.0 Å². The van der Waals surface area contributed by atoms with Crippen molar-refractivity contribution >= 4 is 0 Å². The molecule has 0 N–H and O–H groups in total. The summed E-state index contributed by atoms with van der Waals surface area (Å²) < 4.78 is 5.32. The molecule has 1 aliphatic heterocycles. The Morgan fingerprint density at radius 3 is 2.28 bits per heavy atom. The fourth-order valence-corrected chi connectivity index (χ4v) is 2.96. The van der Waals surface area contributed by atoms with Gasteiger partial charge in [-0.15, -0.1) is 0 Å². The third-order valence-corrected chi connectivity index (χ3v) is 3.89. The maximum Gasteiger partial charge on any atom is 1.00 e. The van der Waals surface area contributed by atoms with Gasteiger partial charge in [0.2, 0.25) is 0 Å². The van der Waals surface area contributed by atoms with Crippen molar-refractivity contribution in [2.24, 2.45) is 5.92 Å². The van der Waals surface area contributed by atoms with Gasteiger partial charge in [-0.05, 0) is 29.9 Å². The zero-order valence-corrected chi connectivity index (χ0v) is 10.9. The van der Waals surface area contributed by atoms with E-state index in [1.165, 1.54) is 19.3 Å². The summed E-state index contributed by atoms with van der Waals surface area (Å²) in [5, 5.41) is 11.7. The van der Waals surface area contributed by atoms with Crippen LogP contribution in [0.2, 0.25) is 0 Å². The first-order valence-electron chi connectivity index (χ1n) is 6.49. The van der Waals surface area contributed by atoms with Crippen LogP contribution in [0.1, 0.15) is 43.8 Å². The molecule has 0 amide bonds. The van der Waals surface area contributed by atoms with Crippen LogP contribution in [-0.4, -0.2) is 0 Å². The van der Waals surface area contributed by atoms with E-state index in [2.05, 4.69) is 0 Å². The van der Waals surface area contributed by atoms with Gasteiger partial charge in [0.1, 0.15) is 0 Å². The van der Waals surface area contributed by atoms with Crippen LogP contribution in [-0.2, 0) is 4.74 Å². The second-order valence-electron chi connectivity index (χ2n) is 4.99. The Morgan fingerprint density at radius 2 is 1.67 bits per heavy atom. The van der Waals surface area contributed by atoms with E-state index in [0.29, 0.717) is 5.92 Å². The van der Waals surface area contributed by atoms with Crippen LogP contribution in [0.25, 0.3) is 0 Å². The molecule has 18 heavy (non-hydrogen) atoms. The predicted octanol–water partition coefficient (Wildman–Crippen LogP) is -0.0859. The topological polar surface area (TPSA) is 32.3 Å². The summed E-state index contributed by atoms with van der Waals surface area (Å²) in [7, 11) is 0. The van der Waals surface area contributed by atoms with Crippen molar-refractivity contribution in [1.82, 2.24) is 0 Å². The first kappa shape index (κ1) is 13.6. The molecule has 3 heteroatoms. The molecule has 2 nitrogen and oxygen atoms in total. The average Bonchev–Trinajstić information content (AvgIpc) is 2.38. The average molecular weight is 236 g/mol. The van der Waals surface area contributed by atoms with E-state index in [4.69, 9.17) is 4.74 Å². The molecule has 1 fully saturated rings. The van der Waals surface area contributed by atoms with Gasteiger partial charge in [0, 0.05) is 0 Å². The van der Waals surface area contributed by atoms with E-state index in [1.807, 2.05) is 30.3 Å². The van der Waals surface area contributed by atoms with Gasteiger partial charge in [-0.3, -0.25) is 0 Å². The largest absolute Gasteiger partial charge is 1.00 e. The van der Waals surface area contributed by atoms with Crippen molar-refractivity contribution in [3.63, 3.8) is 0 Å². The Morgan fingerprint density at radius 1 is 1.00 bits per heavy atom.